The molecule has 5 unspecified atom stereocenters. The van der Waals surface area contributed by atoms with Crippen molar-refractivity contribution in [3.05, 3.63) is 0 Å². The minimum absolute atomic E-state index is 0.0404. The number of esters is 1. The summed E-state index contributed by atoms with van der Waals surface area (Å²) in [5.41, 5.74) is -2.62. The molecule has 2 saturated heterocycles. The van der Waals surface area contributed by atoms with Gasteiger partial charge in [0.25, 0.3) is 0 Å². The van der Waals surface area contributed by atoms with Gasteiger partial charge < -0.3 is 0 Å². The Bertz CT molecular complexity index is 567. The van der Waals surface area contributed by atoms with Crippen LogP contribution in [0, 0.1) is 17.8 Å². The number of ether oxygens (including phenoxy) is 1. The van der Waals surface area contributed by atoms with E-state index in [-0.39, 0.29) is 22.6 Å². The SMILES string of the molecule is CC(I)(C(=O)OCC1CC2CC1C(O)(C(F)(F)F)C2)C12NI1N2. The molecule has 3 N–H and O–H groups in total. The molecule has 23 heavy (non-hydrogen) atoms. The van der Waals surface area contributed by atoms with Crippen LogP contribution in [-0.2, 0) is 9.53 Å². The molecule has 2 bridgehead atoms. The van der Waals surface area contributed by atoms with Gasteiger partial charge in [-0.25, -0.2) is 0 Å². The van der Waals surface area contributed by atoms with Crippen LogP contribution < -0.4 is 7.06 Å². The molecule has 10 heteroatoms. The van der Waals surface area contributed by atoms with Gasteiger partial charge in [0.2, 0.25) is 0 Å². The van der Waals surface area contributed by atoms with Crippen molar-refractivity contribution in [2.45, 2.75) is 45.1 Å². The van der Waals surface area contributed by atoms with Crippen LogP contribution >= 0.6 is 43.0 Å². The van der Waals surface area contributed by atoms with Crippen LogP contribution in [0.2, 0.25) is 0 Å². The van der Waals surface area contributed by atoms with E-state index < -0.39 is 53.4 Å². The molecule has 4 rings (SSSR count). The Hall–Kier alpha value is 0.600. The number of carbonyl (C=O) groups excluding carboxylic acids is 1. The summed E-state index contributed by atoms with van der Waals surface area (Å²) in [4.78, 5) is 12.3. The van der Waals surface area contributed by atoms with Crippen LogP contribution in [0.4, 0.5) is 13.2 Å². The number of alkyl halides is 5. The van der Waals surface area contributed by atoms with Crippen LogP contribution in [-0.4, -0.2) is 36.6 Å². The maximum absolute atomic E-state index is 13.2. The van der Waals surface area contributed by atoms with Crippen molar-refractivity contribution in [3.8, 4) is 0 Å². The van der Waals surface area contributed by atoms with Crippen molar-refractivity contribution < 1.29 is 27.8 Å². The number of rotatable bonds is 4. The average Bonchev–Trinajstić information content (AvgIpc) is 3.21. The zero-order valence-corrected chi connectivity index (χ0v) is 16.5. The monoisotopic (exact) mass is 560 g/mol. The van der Waals surface area contributed by atoms with E-state index in [1.807, 2.05) is 0 Å². The van der Waals surface area contributed by atoms with E-state index in [4.69, 9.17) is 4.74 Å². The van der Waals surface area contributed by atoms with E-state index in [9.17, 15) is 23.1 Å². The first-order valence-corrected chi connectivity index (χ1v) is 11.7. The molecule has 0 spiro atoms. The third kappa shape index (κ3) is 2.30. The van der Waals surface area contributed by atoms with Gasteiger partial charge in [0.05, 0.1) is 0 Å². The third-order valence-corrected chi connectivity index (χ3v) is 12.8. The Morgan fingerprint density at radius 1 is 1.43 bits per heavy atom. The number of aliphatic hydroxyl groups is 1. The van der Waals surface area contributed by atoms with E-state index in [1.54, 1.807) is 6.92 Å². The molecule has 5 atom stereocenters. The van der Waals surface area contributed by atoms with E-state index >= 15 is 0 Å². The van der Waals surface area contributed by atoms with Gasteiger partial charge in [0.1, 0.15) is 0 Å². The summed E-state index contributed by atoms with van der Waals surface area (Å²) in [7, 11) is 0. The molecule has 0 aromatic heterocycles. The molecule has 0 aromatic carbocycles. The number of fused-ring (bicyclic) bond motifs is 3. The molecule has 0 radical (unpaired) electrons. The van der Waals surface area contributed by atoms with Crippen LogP contribution in [0.5, 0.6) is 0 Å². The molecular weight excluding hydrogens is 543 g/mol. The van der Waals surface area contributed by atoms with Crippen LogP contribution in [0.3, 0.4) is 0 Å². The number of hydrogen-bond acceptors (Lipinski definition) is 5. The molecule has 2 heterocycles. The summed E-state index contributed by atoms with van der Waals surface area (Å²) in [6, 6.07) is 0. The standard InChI is InChI=1S/C13H17F3I2N2O3/c1-10(17,13-18(19-13)20-13)9(21)23-5-7-2-6-3-8(7)11(22,4-6)12(14,15)16/h6-8,19-20,22H,2-5H2,1H3. The summed E-state index contributed by atoms with van der Waals surface area (Å²) in [5, 5.41) is 10.1. The predicted octanol–water partition coefficient (Wildman–Crippen LogP) is 2.26. The molecule has 4 fully saturated rings. The fourth-order valence-corrected chi connectivity index (χ4v) is 11.9. The van der Waals surface area contributed by atoms with Crippen LogP contribution in [0.15, 0.2) is 0 Å². The molecular formula is C13H17F3I2N2O3. The number of halogens is 5. The molecule has 2 aliphatic heterocycles. The van der Waals surface area contributed by atoms with Crippen LogP contribution in [0.1, 0.15) is 26.2 Å². The Kier molecular flexibility index (Phi) is 3.60. The Labute approximate surface area is 152 Å². The van der Waals surface area contributed by atoms with Gasteiger partial charge in [-0.15, -0.1) is 0 Å². The van der Waals surface area contributed by atoms with E-state index in [0.29, 0.717) is 12.8 Å². The summed E-state index contributed by atoms with van der Waals surface area (Å²) in [5.74, 6) is -1.80. The maximum atomic E-state index is 13.2. The summed E-state index contributed by atoms with van der Waals surface area (Å²) in [6.45, 7) is 1.74. The van der Waals surface area contributed by atoms with Gasteiger partial charge in [-0.05, 0) is 0 Å². The number of nitrogens with one attached hydrogen (secondary N) is 2. The van der Waals surface area contributed by atoms with Crippen molar-refractivity contribution in [1.82, 2.24) is 7.06 Å². The van der Waals surface area contributed by atoms with Gasteiger partial charge in [0.15, 0.2) is 0 Å². The number of carbonyl (C=O) groups is 1. The minimum atomic E-state index is -4.62. The second-order valence-corrected chi connectivity index (χ2v) is 13.5. The molecule has 5 nitrogen and oxygen atoms in total. The Balaban J connectivity index is 1.40. The summed E-state index contributed by atoms with van der Waals surface area (Å²) < 4.78 is 50.4. The van der Waals surface area contributed by atoms with Crippen molar-refractivity contribution >= 4 is 48.9 Å². The van der Waals surface area contributed by atoms with Gasteiger partial charge in [-0.2, -0.15) is 0 Å². The third-order valence-electron chi connectivity index (χ3n) is 5.62. The normalized spacial score (nSPS) is 43.7. The zero-order chi connectivity index (χ0) is 16.8. The quantitative estimate of drug-likeness (QED) is 0.123. The van der Waals surface area contributed by atoms with E-state index in [2.05, 4.69) is 29.7 Å². The Morgan fingerprint density at radius 2 is 2.04 bits per heavy atom. The van der Waals surface area contributed by atoms with Gasteiger partial charge in [-0.1, -0.05) is 0 Å². The molecule has 0 aromatic rings. The van der Waals surface area contributed by atoms with Gasteiger partial charge >= 0.3 is 153 Å². The average molecular weight is 560 g/mol. The van der Waals surface area contributed by atoms with Crippen LogP contribution in [0.25, 0.3) is 0 Å². The van der Waals surface area contributed by atoms with E-state index in [1.165, 1.54) is 0 Å². The molecule has 4 aliphatic rings. The van der Waals surface area contributed by atoms with Gasteiger partial charge in [-0.3, -0.25) is 0 Å². The fraction of sp³-hybridized carbons (Fsp3) is 0.923. The molecule has 2 aliphatic carbocycles. The summed E-state index contributed by atoms with van der Waals surface area (Å²) in [6.07, 6.45) is -3.89. The topological polar surface area (TPSA) is 90.4 Å². The second-order valence-electron chi connectivity index (χ2n) is 7.06. The predicted molar refractivity (Wildman–Crippen MR) is 91.7 cm³/mol. The second kappa shape index (κ2) is 4.86. The van der Waals surface area contributed by atoms with Crippen molar-refractivity contribution in [3.63, 3.8) is 0 Å². The van der Waals surface area contributed by atoms with E-state index in [0.717, 1.165) is 0 Å². The van der Waals surface area contributed by atoms with Crippen molar-refractivity contribution in [1.29, 1.82) is 0 Å². The molecule has 132 valence electrons. The zero-order valence-electron chi connectivity index (χ0n) is 12.2. The molecule has 0 amide bonds. The fourth-order valence-electron chi connectivity index (χ4n) is 4.13. The van der Waals surface area contributed by atoms with Crippen molar-refractivity contribution in [2.24, 2.45) is 17.8 Å². The number of hydrogen-bond donors (Lipinski definition) is 3. The molecule has 2 saturated carbocycles. The Morgan fingerprint density at radius 3 is 2.52 bits per heavy atom. The van der Waals surface area contributed by atoms with Gasteiger partial charge in [0, 0.05) is 0 Å². The first-order valence-electron chi connectivity index (χ1n) is 7.42. The first-order chi connectivity index (χ1) is 10.5. The van der Waals surface area contributed by atoms with Crippen molar-refractivity contribution in [2.75, 3.05) is 6.61 Å². The summed E-state index contributed by atoms with van der Waals surface area (Å²) >= 11 is 0.745. The first kappa shape index (κ1) is 17.0.